The van der Waals surface area contributed by atoms with Crippen molar-refractivity contribution in [2.24, 2.45) is 13.0 Å². The summed E-state index contributed by atoms with van der Waals surface area (Å²) in [6, 6.07) is 4.10. The van der Waals surface area contributed by atoms with Gasteiger partial charge in [-0.25, -0.2) is 9.97 Å². The number of aromatic nitrogens is 3. The summed E-state index contributed by atoms with van der Waals surface area (Å²) in [6.45, 7) is 6.28. The Morgan fingerprint density at radius 3 is 2.84 bits per heavy atom. The van der Waals surface area contributed by atoms with Crippen molar-refractivity contribution < 1.29 is 0 Å². The standard InChI is InChI=1S/C14H20N4S/c1-11(2)9-15-10-12-5-4-6-16-13(12)19-14-17-7-8-18(14)3/h4-8,11,15H,9-10H2,1-3H3. The highest BCUT2D eigenvalue weighted by molar-refractivity contribution is 7.99. The maximum Gasteiger partial charge on any atom is 0.174 e. The molecule has 0 bridgehead atoms. The molecule has 0 aliphatic carbocycles. The molecule has 0 saturated heterocycles. The molecule has 0 atom stereocenters. The summed E-state index contributed by atoms with van der Waals surface area (Å²) in [7, 11) is 1.99. The van der Waals surface area contributed by atoms with Gasteiger partial charge >= 0.3 is 0 Å². The van der Waals surface area contributed by atoms with Crippen LogP contribution in [0.4, 0.5) is 0 Å². The second-order valence-corrected chi connectivity index (χ2v) is 5.87. The molecule has 2 aromatic heterocycles. The highest BCUT2D eigenvalue weighted by atomic mass is 32.2. The molecule has 5 heteroatoms. The maximum atomic E-state index is 4.46. The Morgan fingerprint density at radius 2 is 2.16 bits per heavy atom. The molecule has 0 aliphatic heterocycles. The van der Waals surface area contributed by atoms with Gasteiger partial charge in [-0.1, -0.05) is 19.9 Å². The minimum absolute atomic E-state index is 0.655. The number of aryl methyl sites for hydroxylation is 1. The van der Waals surface area contributed by atoms with Gasteiger partial charge in [0.05, 0.1) is 0 Å². The zero-order valence-corrected chi connectivity index (χ0v) is 12.4. The first-order chi connectivity index (χ1) is 9.16. The van der Waals surface area contributed by atoms with E-state index in [0.29, 0.717) is 5.92 Å². The first kappa shape index (κ1) is 14.1. The molecule has 0 saturated carbocycles. The lowest BCUT2D eigenvalue weighted by Gasteiger charge is -2.10. The quantitative estimate of drug-likeness (QED) is 0.881. The van der Waals surface area contributed by atoms with E-state index < -0.39 is 0 Å². The predicted molar refractivity (Wildman–Crippen MR) is 78.1 cm³/mol. The highest BCUT2D eigenvalue weighted by Gasteiger charge is 2.08. The second kappa shape index (κ2) is 6.73. The van der Waals surface area contributed by atoms with Gasteiger partial charge in [0, 0.05) is 32.2 Å². The average molecular weight is 276 g/mol. The van der Waals surface area contributed by atoms with E-state index in [1.54, 1.807) is 11.8 Å². The van der Waals surface area contributed by atoms with E-state index in [9.17, 15) is 0 Å². The Bertz CT molecular complexity index is 522. The molecule has 0 aliphatic rings. The van der Waals surface area contributed by atoms with E-state index in [0.717, 1.165) is 23.3 Å². The van der Waals surface area contributed by atoms with Crippen LogP contribution in [-0.4, -0.2) is 21.1 Å². The lowest BCUT2D eigenvalue weighted by molar-refractivity contribution is 0.548. The lowest BCUT2D eigenvalue weighted by atomic mass is 10.2. The van der Waals surface area contributed by atoms with Crippen molar-refractivity contribution in [2.75, 3.05) is 6.54 Å². The van der Waals surface area contributed by atoms with Crippen LogP contribution in [-0.2, 0) is 13.6 Å². The van der Waals surface area contributed by atoms with Crippen molar-refractivity contribution in [3.8, 4) is 0 Å². The zero-order valence-electron chi connectivity index (χ0n) is 11.6. The Morgan fingerprint density at radius 1 is 1.32 bits per heavy atom. The lowest BCUT2D eigenvalue weighted by Crippen LogP contribution is -2.19. The van der Waals surface area contributed by atoms with Crippen molar-refractivity contribution in [2.45, 2.75) is 30.6 Å². The van der Waals surface area contributed by atoms with Crippen molar-refractivity contribution >= 4 is 11.8 Å². The summed E-state index contributed by atoms with van der Waals surface area (Å²) in [4.78, 5) is 8.79. The Labute approximate surface area is 118 Å². The number of rotatable bonds is 6. The van der Waals surface area contributed by atoms with Gasteiger partial charge in [-0.15, -0.1) is 0 Å². The highest BCUT2D eigenvalue weighted by Crippen LogP contribution is 2.26. The van der Waals surface area contributed by atoms with Crippen molar-refractivity contribution in [3.63, 3.8) is 0 Å². The average Bonchev–Trinajstić information content (AvgIpc) is 2.77. The van der Waals surface area contributed by atoms with Crippen molar-refractivity contribution in [1.29, 1.82) is 0 Å². The van der Waals surface area contributed by atoms with E-state index in [1.165, 1.54) is 5.56 Å². The maximum absolute atomic E-state index is 4.46. The fraction of sp³-hybridized carbons (Fsp3) is 0.429. The molecule has 0 amide bonds. The summed E-state index contributed by atoms with van der Waals surface area (Å²) in [5, 5.41) is 5.44. The number of hydrogen-bond acceptors (Lipinski definition) is 4. The van der Waals surface area contributed by atoms with E-state index >= 15 is 0 Å². The predicted octanol–water partition coefficient (Wildman–Crippen LogP) is 2.71. The molecule has 0 radical (unpaired) electrons. The number of imidazole rings is 1. The normalized spacial score (nSPS) is 11.2. The van der Waals surface area contributed by atoms with Crippen molar-refractivity contribution in [1.82, 2.24) is 19.9 Å². The van der Waals surface area contributed by atoms with Gasteiger partial charge in [0.2, 0.25) is 0 Å². The first-order valence-corrected chi connectivity index (χ1v) is 7.28. The largest absolute Gasteiger partial charge is 0.329 e. The topological polar surface area (TPSA) is 42.7 Å². The molecular weight excluding hydrogens is 256 g/mol. The minimum Gasteiger partial charge on any atom is -0.329 e. The summed E-state index contributed by atoms with van der Waals surface area (Å²) in [5.74, 6) is 0.655. The molecule has 0 aromatic carbocycles. The van der Waals surface area contributed by atoms with Gasteiger partial charge in [0.25, 0.3) is 0 Å². The van der Waals surface area contributed by atoms with Crippen LogP contribution in [0.5, 0.6) is 0 Å². The monoisotopic (exact) mass is 276 g/mol. The Kier molecular flexibility index (Phi) is 4.99. The van der Waals surface area contributed by atoms with E-state index in [1.807, 2.05) is 36.3 Å². The van der Waals surface area contributed by atoms with Crippen LogP contribution >= 0.6 is 11.8 Å². The Balaban J connectivity index is 2.06. The van der Waals surface area contributed by atoms with Crippen LogP contribution < -0.4 is 5.32 Å². The van der Waals surface area contributed by atoms with E-state index in [4.69, 9.17) is 0 Å². The van der Waals surface area contributed by atoms with Gasteiger partial charge in [-0.3, -0.25) is 0 Å². The SMILES string of the molecule is CC(C)CNCc1cccnc1Sc1nccn1C. The van der Waals surface area contributed by atoms with Gasteiger partial charge < -0.3 is 9.88 Å². The smallest absolute Gasteiger partial charge is 0.174 e. The molecule has 102 valence electrons. The fourth-order valence-corrected chi connectivity index (χ4v) is 2.56. The van der Waals surface area contributed by atoms with E-state index in [2.05, 4.69) is 35.2 Å². The minimum atomic E-state index is 0.655. The van der Waals surface area contributed by atoms with Crippen LogP contribution in [0.2, 0.25) is 0 Å². The van der Waals surface area contributed by atoms with Crippen LogP contribution in [0.15, 0.2) is 40.9 Å². The number of pyridine rings is 1. The van der Waals surface area contributed by atoms with Crippen LogP contribution in [0.25, 0.3) is 0 Å². The zero-order chi connectivity index (χ0) is 13.7. The van der Waals surface area contributed by atoms with Gasteiger partial charge in [-0.2, -0.15) is 0 Å². The molecule has 19 heavy (non-hydrogen) atoms. The van der Waals surface area contributed by atoms with Gasteiger partial charge in [-0.05, 0) is 35.9 Å². The first-order valence-electron chi connectivity index (χ1n) is 6.46. The van der Waals surface area contributed by atoms with Crippen LogP contribution in [0.1, 0.15) is 19.4 Å². The molecule has 0 unspecified atom stereocenters. The second-order valence-electron chi connectivity index (χ2n) is 4.92. The number of hydrogen-bond donors (Lipinski definition) is 1. The van der Waals surface area contributed by atoms with Gasteiger partial charge in [0.15, 0.2) is 5.16 Å². The van der Waals surface area contributed by atoms with E-state index in [-0.39, 0.29) is 0 Å². The molecule has 2 heterocycles. The van der Waals surface area contributed by atoms with Crippen LogP contribution in [0.3, 0.4) is 0 Å². The third kappa shape index (κ3) is 4.08. The molecule has 0 fully saturated rings. The molecular formula is C14H20N4S. The number of nitrogens with one attached hydrogen (secondary N) is 1. The third-order valence-corrected chi connectivity index (χ3v) is 3.82. The molecule has 2 rings (SSSR count). The fourth-order valence-electron chi connectivity index (χ4n) is 1.68. The molecule has 0 spiro atoms. The number of nitrogens with zero attached hydrogens (tertiary/aromatic N) is 3. The van der Waals surface area contributed by atoms with Gasteiger partial charge in [0.1, 0.15) is 5.03 Å². The summed E-state index contributed by atoms with van der Waals surface area (Å²) in [5.41, 5.74) is 1.22. The molecule has 2 aromatic rings. The molecule has 4 nitrogen and oxygen atoms in total. The summed E-state index contributed by atoms with van der Waals surface area (Å²) < 4.78 is 2.00. The Hall–Kier alpha value is -1.33. The summed E-state index contributed by atoms with van der Waals surface area (Å²) in [6.07, 6.45) is 5.58. The summed E-state index contributed by atoms with van der Waals surface area (Å²) >= 11 is 1.61. The van der Waals surface area contributed by atoms with Crippen molar-refractivity contribution in [3.05, 3.63) is 36.3 Å². The van der Waals surface area contributed by atoms with Crippen LogP contribution in [0, 0.1) is 5.92 Å². The third-order valence-electron chi connectivity index (χ3n) is 2.68. The molecule has 1 N–H and O–H groups in total.